The van der Waals surface area contributed by atoms with Crippen LogP contribution in [0.5, 0.6) is 0 Å². The molecule has 0 bridgehead atoms. The fourth-order valence-corrected chi connectivity index (χ4v) is 3.50. The van der Waals surface area contributed by atoms with E-state index in [1.54, 1.807) is 0 Å². The van der Waals surface area contributed by atoms with Gasteiger partial charge in [-0.05, 0) is 56.8 Å². The van der Waals surface area contributed by atoms with E-state index >= 15 is 0 Å². The monoisotopic (exact) mass is 257 g/mol. The smallest absolute Gasteiger partial charge is 0.134 e. The number of hydrogen-bond acceptors (Lipinski definition) is 2. The Hall–Kier alpha value is -1.28. The first-order valence-electron chi connectivity index (χ1n) is 7.34. The van der Waals surface area contributed by atoms with E-state index in [1.807, 2.05) is 7.05 Å². The minimum atomic E-state index is 0.359. The second-order valence-electron chi connectivity index (χ2n) is 6.13. The number of nitrogens with one attached hydrogen (secondary N) is 1. The van der Waals surface area contributed by atoms with Crippen molar-refractivity contribution >= 4 is 11.0 Å². The third-order valence-electron chi connectivity index (χ3n) is 4.52. The molecule has 1 aromatic heterocycles. The first-order chi connectivity index (χ1) is 9.17. The van der Waals surface area contributed by atoms with E-state index in [0.717, 1.165) is 17.3 Å². The van der Waals surface area contributed by atoms with Gasteiger partial charge >= 0.3 is 0 Å². The highest BCUT2D eigenvalue weighted by Crippen LogP contribution is 2.40. The molecular formula is C17H23NO. The number of benzene rings is 1. The van der Waals surface area contributed by atoms with Gasteiger partial charge in [0.05, 0.1) is 6.04 Å². The average Bonchev–Trinajstić information content (AvgIpc) is 2.96. The van der Waals surface area contributed by atoms with Crippen LogP contribution in [0.1, 0.15) is 43.6 Å². The van der Waals surface area contributed by atoms with Crippen molar-refractivity contribution in [1.82, 2.24) is 5.32 Å². The molecule has 0 spiro atoms. The van der Waals surface area contributed by atoms with E-state index in [0.29, 0.717) is 12.0 Å². The van der Waals surface area contributed by atoms with Crippen molar-refractivity contribution in [2.24, 2.45) is 11.8 Å². The molecule has 1 N–H and O–H groups in total. The maximum absolute atomic E-state index is 6.06. The molecule has 3 atom stereocenters. The van der Waals surface area contributed by atoms with Crippen LogP contribution in [0.2, 0.25) is 0 Å². The van der Waals surface area contributed by atoms with Crippen molar-refractivity contribution in [3.8, 4) is 0 Å². The highest BCUT2D eigenvalue weighted by molar-refractivity contribution is 5.78. The number of rotatable bonds is 3. The minimum Gasteiger partial charge on any atom is -0.459 e. The Morgan fingerprint density at radius 1 is 1.26 bits per heavy atom. The van der Waals surface area contributed by atoms with E-state index in [2.05, 4.69) is 43.4 Å². The van der Waals surface area contributed by atoms with Gasteiger partial charge in [-0.15, -0.1) is 0 Å². The third kappa shape index (κ3) is 2.42. The lowest BCUT2D eigenvalue weighted by atomic mass is 9.95. The summed E-state index contributed by atoms with van der Waals surface area (Å²) in [5.41, 5.74) is 2.29. The van der Waals surface area contributed by atoms with Crippen LogP contribution in [0.3, 0.4) is 0 Å². The Morgan fingerprint density at radius 2 is 2.11 bits per heavy atom. The van der Waals surface area contributed by atoms with Gasteiger partial charge in [-0.25, -0.2) is 0 Å². The lowest BCUT2D eigenvalue weighted by molar-refractivity contribution is 0.330. The van der Waals surface area contributed by atoms with Crippen LogP contribution in [0.15, 0.2) is 28.7 Å². The summed E-state index contributed by atoms with van der Waals surface area (Å²) in [5.74, 6) is 2.66. The molecule has 1 aromatic carbocycles. The van der Waals surface area contributed by atoms with Crippen LogP contribution in [-0.4, -0.2) is 7.05 Å². The summed E-state index contributed by atoms with van der Waals surface area (Å²) in [6.07, 6.45) is 3.96. The molecule has 0 aliphatic heterocycles. The maximum Gasteiger partial charge on any atom is 0.134 e. The topological polar surface area (TPSA) is 25.2 Å². The highest BCUT2D eigenvalue weighted by atomic mass is 16.3. The molecule has 102 valence electrons. The fourth-order valence-electron chi connectivity index (χ4n) is 3.50. The molecule has 19 heavy (non-hydrogen) atoms. The first kappa shape index (κ1) is 12.7. The number of hydrogen-bond donors (Lipinski definition) is 1. The fraction of sp³-hybridized carbons (Fsp3) is 0.529. The summed E-state index contributed by atoms with van der Waals surface area (Å²) < 4.78 is 6.06. The first-order valence-corrected chi connectivity index (χ1v) is 7.34. The van der Waals surface area contributed by atoms with Crippen LogP contribution in [0.4, 0.5) is 0 Å². The molecule has 1 heterocycles. The van der Waals surface area contributed by atoms with Crippen LogP contribution in [-0.2, 0) is 0 Å². The van der Waals surface area contributed by atoms with E-state index in [4.69, 9.17) is 4.42 Å². The lowest BCUT2D eigenvalue weighted by Crippen LogP contribution is -2.23. The third-order valence-corrected chi connectivity index (χ3v) is 4.52. The summed E-state index contributed by atoms with van der Waals surface area (Å²) in [4.78, 5) is 0. The van der Waals surface area contributed by atoms with Gasteiger partial charge in [-0.2, -0.15) is 0 Å². The molecule has 3 unspecified atom stereocenters. The van der Waals surface area contributed by atoms with Crippen molar-refractivity contribution in [3.63, 3.8) is 0 Å². The molecule has 2 heteroatoms. The van der Waals surface area contributed by atoms with Gasteiger partial charge in [-0.3, -0.25) is 0 Å². The van der Waals surface area contributed by atoms with E-state index in [-0.39, 0.29) is 0 Å². The van der Waals surface area contributed by atoms with Crippen LogP contribution >= 0.6 is 0 Å². The second kappa shape index (κ2) is 5.01. The molecule has 1 fully saturated rings. The predicted molar refractivity (Wildman–Crippen MR) is 79.3 cm³/mol. The Balaban J connectivity index is 1.92. The summed E-state index contributed by atoms with van der Waals surface area (Å²) >= 11 is 0. The van der Waals surface area contributed by atoms with Crippen LogP contribution in [0.25, 0.3) is 11.0 Å². The second-order valence-corrected chi connectivity index (χ2v) is 6.13. The summed E-state index contributed by atoms with van der Waals surface area (Å²) in [6, 6.07) is 8.97. The molecule has 2 nitrogen and oxygen atoms in total. The number of aryl methyl sites for hydroxylation is 1. The molecule has 2 aromatic rings. The van der Waals surface area contributed by atoms with E-state index < -0.39 is 0 Å². The average molecular weight is 257 g/mol. The zero-order chi connectivity index (χ0) is 13.4. The van der Waals surface area contributed by atoms with E-state index in [1.165, 1.54) is 30.2 Å². The summed E-state index contributed by atoms with van der Waals surface area (Å²) in [6.45, 7) is 4.48. The van der Waals surface area contributed by atoms with Gasteiger partial charge < -0.3 is 9.73 Å². The van der Waals surface area contributed by atoms with Gasteiger partial charge in [0, 0.05) is 5.39 Å². The van der Waals surface area contributed by atoms with Gasteiger partial charge in [0.15, 0.2) is 0 Å². The standard InChI is InChI=1S/C17H23NO/c1-11-4-6-13(8-11)17(18-3)16-10-14-9-12(2)5-7-15(14)19-16/h5,7,9-11,13,17-18H,4,6,8H2,1-3H3. The minimum absolute atomic E-state index is 0.359. The Bertz CT molecular complexity index is 572. The Kier molecular flexibility index (Phi) is 3.36. The Labute approximate surface area is 115 Å². The largest absolute Gasteiger partial charge is 0.459 e. The van der Waals surface area contributed by atoms with Crippen molar-refractivity contribution in [2.45, 2.75) is 39.2 Å². The summed E-state index contributed by atoms with van der Waals surface area (Å²) in [7, 11) is 2.05. The molecule has 1 aliphatic carbocycles. The quantitative estimate of drug-likeness (QED) is 0.879. The zero-order valence-electron chi connectivity index (χ0n) is 12.1. The predicted octanol–water partition coefficient (Wildman–Crippen LogP) is 4.44. The molecule has 0 radical (unpaired) electrons. The maximum atomic E-state index is 6.06. The van der Waals surface area contributed by atoms with Crippen LogP contribution in [0, 0.1) is 18.8 Å². The number of fused-ring (bicyclic) bond motifs is 1. The Morgan fingerprint density at radius 3 is 2.79 bits per heavy atom. The number of furan rings is 1. The van der Waals surface area contributed by atoms with Crippen LogP contribution < -0.4 is 5.32 Å². The molecule has 0 saturated heterocycles. The van der Waals surface area contributed by atoms with Gasteiger partial charge in [0.1, 0.15) is 11.3 Å². The zero-order valence-corrected chi connectivity index (χ0v) is 12.1. The van der Waals surface area contributed by atoms with Crippen molar-refractivity contribution < 1.29 is 4.42 Å². The highest BCUT2D eigenvalue weighted by Gasteiger charge is 2.30. The molecule has 3 rings (SSSR count). The SMILES string of the molecule is CNC(c1cc2cc(C)ccc2o1)C1CCC(C)C1. The molecular weight excluding hydrogens is 234 g/mol. The molecule has 1 saturated carbocycles. The lowest BCUT2D eigenvalue weighted by Gasteiger charge is -2.20. The van der Waals surface area contributed by atoms with Crippen molar-refractivity contribution in [3.05, 3.63) is 35.6 Å². The van der Waals surface area contributed by atoms with Crippen molar-refractivity contribution in [1.29, 1.82) is 0 Å². The van der Waals surface area contributed by atoms with E-state index in [9.17, 15) is 0 Å². The van der Waals surface area contributed by atoms with Crippen molar-refractivity contribution in [2.75, 3.05) is 7.05 Å². The van der Waals surface area contributed by atoms with Gasteiger partial charge in [-0.1, -0.05) is 25.0 Å². The normalized spacial score (nSPS) is 25.0. The van der Waals surface area contributed by atoms with Gasteiger partial charge in [0.25, 0.3) is 0 Å². The summed E-state index contributed by atoms with van der Waals surface area (Å²) in [5, 5.41) is 4.69. The van der Waals surface area contributed by atoms with Gasteiger partial charge in [0.2, 0.25) is 0 Å². The molecule has 0 amide bonds. The molecule has 1 aliphatic rings.